The predicted octanol–water partition coefficient (Wildman–Crippen LogP) is 3.55. The fourth-order valence-corrected chi connectivity index (χ4v) is 5.98. The van der Waals surface area contributed by atoms with Gasteiger partial charge >= 0.3 is 0 Å². The van der Waals surface area contributed by atoms with Gasteiger partial charge in [0.05, 0.1) is 11.3 Å². The van der Waals surface area contributed by atoms with Crippen molar-refractivity contribution >= 4 is 0 Å². The molecule has 27 heavy (non-hydrogen) atoms. The van der Waals surface area contributed by atoms with Gasteiger partial charge in [-0.25, -0.2) is 10.4 Å². The molecule has 0 radical (unpaired) electrons. The van der Waals surface area contributed by atoms with Gasteiger partial charge in [0, 0.05) is 5.41 Å². The fraction of sp³-hybridized carbons (Fsp3) is 0.250. The maximum Gasteiger partial charge on any atom is 0.138 e. The summed E-state index contributed by atoms with van der Waals surface area (Å²) < 4.78 is 0. The maximum atomic E-state index is 12.7. The average Bonchev–Trinajstić information content (AvgIpc) is 2.70. The standard InChI is InChI=1S/C24H23NO2/c1-23-17-12-6-8-14-19(17)24(2,20-15-9-7-13-18(20)23)22(25(26)27)21(23)16-10-4-3-5-11-16/h3-15,21-22,25-26H,1-2H3/t21-,22-,23?,24?/m0/s1. The van der Waals surface area contributed by atoms with Crippen LogP contribution in [0.15, 0.2) is 78.9 Å². The molecule has 1 unspecified atom stereocenters. The Hall–Kier alpha value is -2.46. The van der Waals surface area contributed by atoms with Crippen LogP contribution in [0.1, 0.15) is 47.6 Å². The van der Waals surface area contributed by atoms with Gasteiger partial charge < -0.3 is 5.21 Å². The van der Waals surface area contributed by atoms with Crippen LogP contribution in [0.25, 0.3) is 0 Å². The molecule has 0 heterocycles. The average molecular weight is 357 g/mol. The molecule has 0 amide bonds. The minimum absolute atomic E-state index is 0.119. The maximum absolute atomic E-state index is 12.7. The lowest BCUT2D eigenvalue weighted by atomic mass is 9.43. The van der Waals surface area contributed by atoms with Gasteiger partial charge in [0.2, 0.25) is 0 Å². The number of hydroxylamine groups is 2. The Balaban J connectivity index is 1.94. The molecule has 3 nitrogen and oxygen atoms in total. The van der Waals surface area contributed by atoms with E-state index in [-0.39, 0.29) is 11.3 Å². The van der Waals surface area contributed by atoms with Crippen molar-refractivity contribution < 1.29 is 10.4 Å². The molecule has 0 fully saturated rings. The summed E-state index contributed by atoms with van der Waals surface area (Å²) in [5.41, 5.74) is 5.00. The summed E-state index contributed by atoms with van der Waals surface area (Å²) in [4.78, 5) is 0. The Bertz CT molecular complexity index is 964. The van der Waals surface area contributed by atoms with Gasteiger partial charge in [0.25, 0.3) is 0 Å². The van der Waals surface area contributed by atoms with Crippen molar-refractivity contribution in [2.24, 2.45) is 0 Å². The Labute approximate surface area is 159 Å². The second-order valence-electron chi connectivity index (χ2n) is 8.20. The Morgan fingerprint density at radius 1 is 0.704 bits per heavy atom. The molecule has 2 bridgehead atoms. The summed E-state index contributed by atoms with van der Waals surface area (Å²) >= 11 is 0. The van der Waals surface area contributed by atoms with E-state index in [4.69, 9.17) is 0 Å². The molecule has 0 spiro atoms. The Morgan fingerprint density at radius 2 is 1.11 bits per heavy atom. The van der Waals surface area contributed by atoms with Crippen LogP contribution in [0.5, 0.6) is 0 Å². The van der Waals surface area contributed by atoms with Crippen LogP contribution in [0.2, 0.25) is 0 Å². The molecule has 0 aromatic heterocycles. The number of nitrogens with one attached hydrogen (secondary N) is 1. The fourth-order valence-electron chi connectivity index (χ4n) is 5.98. The van der Waals surface area contributed by atoms with E-state index >= 15 is 0 Å². The van der Waals surface area contributed by atoms with Gasteiger partial charge in [0.1, 0.15) is 6.04 Å². The zero-order valence-corrected chi connectivity index (χ0v) is 15.5. The molecule has 3 aliphatic carbocycles. The lowest BCUT2D eigenvalue weighted by Gasteiger charge is -2.61. The van der Waals surface area contributed by atoms with E-state index in [0.717, 1.165) is 16.7 Å². The van der Waals surface area contributed by atoms with Crippen molar-refractivity contribution in [1.29, 1.82) is 0 Å². The van der Waals surface area contributed by atoms with E-state index in [2.05, 4.69) is 62.4 Å². The first kappa shape index (κ1) is 16.7. The van der Waals surface area contributed by atoms with Crippen molar-refractivity contribution in [3.05, 3.63) is 112 Å². The summed E-state index contributed by atoms with van der Waals surface area (Å²) in [6.07, 6.45) is 0. The number of rotatable bonds is 2. The van der Waals surface area contributed by atoms with E-state index in [0.29, 0.717) is 0 Å². The molecule has 3 atom stereocenters. The quantitative estimate of drug-likeness (QED) is 0.689. The van der Waals surface area contributed by atoms with Crippen LogP contribution in [0.4, 0.5) is 0 Å². The number of hydrogen-bond acceptors (Lipinski definition) is 2. The van der Waals surface area contributed by atoms with Crippen LogP contribution >= 0.6 is 0 Å². The monoisotopic (exact) mass is 357 g/mol. The molecule has 0 saturated carbocycles. The third-order valence-electron chi connectivity index (χ3n) is 7.09. The second-order valence-corrected chi connectivity index (χ2v) is 8.20. The molecule has 0 aliphatic heterocycles. The largest absolute Gasteiger partial charge is 0.600 e. The molecule has 136 valence electrons. The van der Waals surface area contributed by atoms with E-state index in [9.17, 15) is 10.4 Å². The van der Waals surface area contributed by atoms with Gasteiger partial charge in [0.15, 0.2) is 0 Å². The van der Waals surface area contributed by atoms with Crippen molar-refractivity contribution in [1.82, 2.24) is 0 Å². The van der Waals surface area contributed by atoms with E-state index in [1.807, 2.05) is 30.3 Å². The second kappa shape index (κ2) is 5.52. The van der Waals surface area contributed by atoms with Crippen LogP contribution in [0.3, 0.4) is 0 Å². The first-order chi connectivity index (χ1) is 13.0. The summed E-state index contributed by atoms with van der Waals surface area (Å²) in [6.45, 7) is 4.36. The molecule has 2 N–H and O–H groups in total. The van der Waals surface area contributed by atoms with Crippen LogP contribution in [0, 0.1) is 5.21 Å². The first-order valence-electron chi connectivity index (χ1n) is 9.48. The first-order valence-corrected chi connectivity index (χ1v) is 9.48. The van der Waals surface area contributed by atoms with Crippen LogP contribution in [-0.4, -0.2) is 11.2 Å². The number of benzene rings is 3. The third kappa shape index (κ3) is 1.91. The third-order valence-corrected chi connectivity index (χ3v) is 7.09. The topological polar surface area (TPSA) is 47.7 Å². The summed E-state index contributed by atoms with van der Waals surface area (Å²) in [6, 6.07) is 26.5. The van der Waals surface area contributed by atoms with Crippen LogP contribution < -0.4 is 5.23 Å². The number of quaternary nitrogens is 1. The summed E-state index contributed by atoms with van der Waals surface area (Å²) in [5, 5.41) is 22.4. The van der Waals surface area contributed by atoms with Gasteiger partial charge in [-0.2, -0.15) is 0 Å². The highest BCUT2D eigenvalue weighted by atomic mass is 16.8. The predicted molar refractivity (Wildman–Crippen MR) is 105 cm³/mol. The highest BCUT2D eigenvalue weighted by Gasteiger charge is 2.65. The molecule has 3 aromatic rings. The van der Waals surface area contributed by atoms with Crippen LogP contribution in [-0.2, 0) is 10.8 Å². The molecule has 6 rings (SSSR count). The smallest absolute Gasteiger partial charge is 0.138 e. The number of fused-ring (bicyclic) bond motifs is 1. The number of hydrogen-bond donors (Lipinski definition) is 2. The van der Waals surface area contributed by atoms with Gasteiger partial charge in [-0.15, -0.1) is 0 Å². The minimum Gasteiger partial charge on any atom is -0.600 e. The van der Waals surface area contributed by atoms with Crippen molar-refractivity contribution in [2.75, 3.05) is 0 Å². The van der Waals surface area contributed by atoms with E-state index in [1.54, 1.807) is 0 Å². The van der Waals surface area contributed by atoms with Crippen molar-refractivity contribution in [3.8, 4) is 0 Å². The molecule has 3 heteroatoms. The minimum atomic E-state index is -0.721. The molecule has 0 saturated heterocycles. The van der Waals surface area contributed by atoms with E-state index in [1.165, 1.54) is 11.1 Å². The normalized spacial score (nSPS) is 31.9. The SMILES string of the molecule is CC12c3ccccc3C(C)(c3ccccc31)[C@@H](c1ccccc1)[C@@H]2[NH+]([O-])O. The van der Waals surface area contributed by atoms with Crippen molar-refractivity contribution in [3.63, 3.8) is 0 Å². The molecule has 3 aliphatic rings. The Kier molecular flexibility index (Phi) is 3.41. The highest BCUT2D eigenvalue weighted by molar-refractivity contribution is 5.66. The lowest BCUT2D eigenvalue weighted by molar-refractivity contribution is -1.07. The van der Waals surface area contributed by atoms with E-state index < -0.39 is 16.7 Å². The molecular formula is C24H23NO2. The zero-order valence-electron chi connectivity index (χ0n) is 15.5. The summed E-state index contributed by atoms with van der Waals surface area (Å²) in [5.74, 6) is -0.119. The molecular weight excluding hydrogens is 334 g/mol. The molecule has 3 aromatic carbocycles. The van der Waals surface area contributed by atoms with Gasteiger partial charge in [-0.05, 0) is 34.7 Å². The lowest BCUT2D eigenvalue weighted by Crippen LogP contribution is -3.13. The Morgan fingerprint density at radius 3 is 1.56 bits per heavy atom. The van der Waals surface area contributed by atoms with Crippen molar-refractivity contribution in [2.45, 2.75) is 36.6 Å². The van der Waals surface area contributed by atoms with Gasteiger partial charge in [-0.3, -0.25) is 0 Å². The highest BCUT2D eigenvalue weighted by Crippen LogP contribution is 2.63. The zero-order chi connectivity index (χ0) is 18.8. The summed E-state index contributed by atoms with van der Waals surface area (Å²) in [7, 11) is 0. The van der Waals surface area contributed by atoms with Gasteiger partial charge in [-0.1, -0.05) is 85.8 Å².